The molecule has 1 aliphatic heterocycles. The highest BCUT2D eigenvalue weighted by atomic mass is 19.4. The lowest BCUT2D eigenvalue weighted by molar-refractivity contribution is -0.137. The van der Waals surface area contributed by atoms with Crippen molar-refractivity contribution in [2.75, 3.05) is 25.5 Å². The van der Waals surface area contributed by atoms with E-state index in [1.807, 2.05) is 4.98 Å². The molecule has 1 saturated heterocycles. The lowest BCUT2D eigenvalue weighted by atomic mass is 9.68. The number of alkyl halides is 3. The molecule has 1 saturated carbocycles. The molecule has 1 aliphatic carbocycles. The van der Waals surface area contributed by atoms with E-state index in [0.717, 1.165) is 25.7 Å². The molecule has 138 valence electrons. The van der Waals surface area contributed by atoms with Crippen LogP contribution in [0.4, 0.5) is 23.7 Å². The van der Waals surface area contributed by atoms with Crippen LogP contribution in [-0.4, -0.2) is 42.2 Å². The number of hydrogen-bond acceptors (Lipinski definition) is 3. The topological polar surface area (TPSA) is 74.4 Å². The number of nitrogens with one attached hydrogen (secondary N) is 2. The normalized spacial score (nSPS) is 20.4. The zero-order chi connectivity index (χ0) is 18.2. The molecular weight excluding hydrogens is 339 g/mol. The van der Waals surface area contributed by atoms with Gasteiger partial charge >= 0.3 is 12.2 Å². The Kier molecular flexibility index (Phi) is 4.52. The summed E-state index contributed by atoms with van der Waals surface area (Å²) < 4.78 is 43.5. The standard InChI is InChI=1S/C16H20F3N3O3/c1-25-11-2-4-15(5-3-11)8-22(9-15)14(24)21-12-6-10(16(17,18)19)7-20-13(12)23/h6-7,11H,2-5,8-9H2,1H3,(H,20,23)(H,21,24). The Morgan fingerprint density at radius 3 is 2.56 bits per heavy atom. The summed E-state index contributed by atoms with van der Waals surface area (Å²) >= 11 is 0. The number of urea groups is 1. The predicted molar refractivity (Wildman–Crippen MR) is 84.4 cm³/mol. The first-order chi connectivity index (χ1) is 11.7. The molecule has 3 rings (SSSR count). The summed E-state index contributed by atoms with van der Waals surface area (Å²) in [6.07, 6.45) is 0.0596. The number of anilines is 1. The molecule has 25 heavy (non-hydrogen) atoms. The highest BCUT2D eigenvalue weighted by molar-refractivity contribution is 5.89. The van der Waals surface area contributed by atoms with E-state index < -0.39 is 29.0 Å². The highest BCUT2D eigenvalue weighted by Crippen LogP contribution is 2.44. The molecular formula is C16H20F3N3O3. The monoisotopic (exact) mass is 359 g/mol. The molecule has 1 spiro atoms. The smallest absolute Gasteiger partial charge is 0.381 e. The minimum atomic E-state index is -4.59. The molecule has 0 radical (unpaired) electrons. The van der Waals surface area contributed by atoms with Gasteiger partial charge in [-0.1, -0.05) is 0 Å². The van der Waals surface area contributed by atoms with Crippen LogP contribution in [0.1, 0.15) is 31.2 Å². The van der Waals surface area contributed by atoms with Gasteiger partial charge in [0.2, 0.25) is 0 Å². The average molecular weight is 359 g/mol. The summed E-state index contributed by atoms with van der Waals surface area (Å²) in [5, 5.41) is 2.29. The number of halogens is 3. The SMILES string of the molecule is COC1CCC2(CC1)CN(C(=O)Nc1cc(C(F)(F)F)c[nH]c1=O)C2. The van der Waals surface area contributed by atoms with E-state index in [-0.39, 0.29) is 11.5 Å². The number of H-pyrrole nitrogens is 1. The minimum Gasteiger partial charge on any atom is -0.381 e. The van der Waals surface area contributed by atoms with Crippen LogP contribution in [0.15, 0.2) is 17.1 Å². The Hall–Kier alpha value is -2.03. The van der Waals surface area contributed by atoms with Crippen molar-refractivity contribution in [2.24, 2.45) is 5.41 Å². The van der Waals surface area contributed by atoms with Crippen molar-refractivity contribution in [3.8, 4) is 0 Å². The van der Waals surface area contributed by atoms with Gasteiger partial charge in [-0.15, -0.1) is 0 Å². The first-order valence-corrected chi connectivity index (χ1v) is 8.11. The van der Waals surface area contributed by atoms with Crippen molar-refractivity contribution in [1.29, 1.82) is 0 Å². The number of aromatic nitrogens is 1. The van der Waals surface area contributed by atoms with Gasteiger partial charge in [0.25, 0.3) is 5.56 Å². The average Bonchev–Trinajstić information content (AvgIpc) is 2.53. The van der Waals surface area contributed by atoms with Gasteiger partial charge in [-0.25, -0.2) is 4.79 Å². The molecule has 1 aromatic heterocycles. The van der Waals surface area contributed by atoms with Crippen molar-refractivity contribution in [3.63, 3.8) is 0 Å². The number of carbonyl (C=O) groups is 1. The summed E-state index contributed by atoms with van der Waals surface area (Å²) in [6, 6.07) is 0.0973. The number of ether oxygens (including phenoxy) is 1. The second kappa shape index (κ2) is 6.36. The fourth-order valence-electron chi connectivity index (χ4n) is 3.60. The van der Waals surface area contributed by atoms with Crippen LogP contribution < -0.4 is 10.9 Å². The number of nitrogens with zero attached hydrogens (tertiary/aromatic N) is 1. The maximum Gasteiger partial charge on any atom is 0.417 e. The van der Waals surface area contributed by atoms with Crippen molar-refractivity contribution in [2.45, 2.75) is 38.0 Å². The van der Waals surface area contributed by atoms with Crippen LogP contribution in [-0.2, 0) is 10.9 Å². The first kappa shape index (κ1) is 17.8. The summed E-state index contributed by atoms with van der Waals surface area (Å²) in [5.74, 6) is 0. The molecule has 6 nitrogen and oxygen atoms in total. The molecule has 2 amide bonds. The molecule has 2 N–H and O–H groups in total. The third-order valence-corrected chi connectivity index (χ3v) is 5.14. The predicted octanol–water partition coefficient (Wildman–Crippen LogP) is 2.82. The maximum atomic E-state index is 12.7. The molecule has 9 heteroatoms. The second-order valence-electron chi connectivity index (χ2n) is 6.85. The number of methoxy groups -OCH3 is 1. The molecule has 0 bridgehead atoms. The van der Waals surface area contributed by atoms with E-state index in [1.165, 1.54) is 4.90 Å². The van der Waals surface area contributed by atoms with E-state index in [4.69, 9.17) is 4.74 Å². The molecule has 2 fully saturated rings. The zero-order valence-corrected chi connectivity index (χ0v) is 13.8. The highest BCUT2D eigenvalue weighted by Gasteiger charge is 2.47. The molecule has 0 unspecified atom stereocenters. The van der Waals surface area contributed by atoms with Gasteiger partial charge in [0.1, 0.15) is 5.69 Å². The fraction of sp³-hybridized carbons (Fsp3) is 0.625. The number of pyridine rings is 1. The van der Waals surface area contributed by atoms with Gasteiger partial charge < -0.3 is 19.9 Å². The van der Waals surface area contributed by atoms with Gasteiger partial charge in [-0.05, 0) is 31.7 Å². The summed E-state index contributed by atoms with van der Waals surface area (Å²) in [7, 11) is 1.69. The van der Waals surface area contributed by atoms with Crippen LogP contribution >= 0.6 is 0 Å². The van der Waals surface area contributed by atoms with E-state index in [1.54, 1.807) is 7.11 Å². The minimum absolute atomic E-state index is 0.0760. The van der Waals surface area contributed by atoms with Crippen molar-refractivity contribution >= 4 is 11.7 Å². The maximum absolute atomic E-state index is 12.7. The van der Waals surface area contributed by atoms with Crippen LogP contribution in [0.5, 0.6) is 0 Å². The van der Waals surface area contributed by atoms with Gasteiger partial charge in [-0.3, -0.25) is 4.79 Å². The van der Waals surface area contributed by atoms with Gasteiger partial charge in [0.05, 0.1) is 11.7 Å². The van der Waals surface area contributed by atoms with Crippen LogP contribution in [0, 0.1) is 5.41 Å². The largest absolute Gasteiger partial charge is 0.417 e. The molecule has 2 aliphatic rings. The quantitative estimate of drug-likeness (QED) is 0.853. The van der Waals surface area contributed by atoms with E-state index >= 15 is 0 Å². The summed E-state index contributed by atoms with van der Waals surface area (Å²) in [6.45, 7) is 1.10. The third-order valence-electron chi connectivity index (χ3n) is 5.14. The molecule has 0 aromatic carbocycles. The van der Waals surface area contributed by atoms with Crippen LogP contribution in [0.3, 0.4) is 0 Å². The number of carbonyl (C=O) groups excluding carboxylic acids is 1. The zero-order valence-electron chi connectivity index (χ0n) is 13.8. The molecule has 2 heterocycles. The van der Waals surface area contributed by atoms with E-state index in [0.29, 0.717) is 25.4 Å². The lowest BCUT2D eigenvalue weighted by Gasteiger charge is -2.53. The van der Waals surface area contributed by atoms with Crippen LogP contribution in [0.2, 0.25) is 0 Å². The molecule has 1 aromatic rings. The first-order valence-electron chi connectivity index (χ1n) is 8.11. The van der Waals surface area contributed by atoms with Crippen molar-refractivity contribution < 1.29 is 22.7 Å². The number of rotatable bonds is 2. The third kappa shape index (κ3) is 3.65. The Bertz CT molecular complexity index is 701. The second-order valence-corrected chi connectivity index (χ2v) is 6.85. The van der Waals surface area contributed by atoms with Crippen molar-refractivity contribution in [1.82, 2.24) is 9.88 Å². The Morgan fingerprint density at radius 1 is 1.36 bits per heavy atom. The van der Waals surface area contributed by atoms with Crippen LogP contribution in [0.25, 0.3) is 0 Å². The lowest BCUT2D eigenvalue weighted by Crippen LogP contribution is -2.61. The van der Waals surface area contributed by atoms with Crippen molar-refractivity contribution in [3.05, 3.63) is 28.2 Å². The number of likely N-dealkylation sites (tertiary alicyclic amines) is 1. The number of amides is 2. The van der Waals surface area contributed by atoms with Gasteiger partial charge in [-0.2, -0.15) is 13.2 Å². The Labute approximate surface area is 142 Å². The van der Waals surface area contributed by atoms with Gasteiger partial charge in [0.15, 0.2) is 0 Å². The summed E-state index contributed by atoms with van der Waals surface area (Å²) in [4.78, 5) is 27.4. The van der Waals surface area contributed by atoms with Gasteiger partial charge in [0, 0.05) is 31.8 Å². The van der Waals surface area contributed by atoms with E-state index in [9.17, 15) is 22.8 Å². The van der Waals surface area contributed by atoms with E-state index in [2.05, 4.69) is 5.32 Å². The Morgan fingerprint density at radius 2 is 2.00 bits per heavy atom. The summed E-state index contributed by atoms with van der Waals surface area (Å²) in [5.41, 5.74) is -2.10. The number of hydrogen-bond donors (Lipinski definition) is 2. The molecule has 0 atom stereocenters. The Balaban J connectivity index is 1.60. The number of aromatic amines is 1. The fourth-order valence-corrected chi connectivity index (χ4v) is 3.60.